The first-order valence-corrected chi connectivity index (χ1v) is 8.68. The van der Waals surface area contributed by atoms with E-state index in [0.29, 0.717) is 17.9 Å². The average molecular weight is 410 g/mol. The second kappa shape index (κ2) is 8.85. The summed E-state index contributed by atoms with van der Waals surface area (Å²) in [5.41, 5.74) is 2.67. The maximum atomic E-state index is 11.9. The van der Waals surface area contributed by atoms with Crippen molar-refractivity contribution < 1.29 is 9.59 Å². The summed E-state index contributed by atoms with van der Waals surface area (Å²) in [5.74, 6) is -0.422. The van der Waals surface area contributed by atoms with Crippen molar-refractivity contribution in [3.63, 3.8) is 0 Å². The number of benzene rings is 2. The highest BCUT2D eigenvalue weighted by Gasteiger charge is 2.08. The van der Waals surface area contributed by atoms with Crippen LogP contribution in [0.3, 0.4) is 0 Å². The van der Waals surface area contributed by atoms with Crippen LogP contribution in [0.5, 0.6) is 0 Å². The number of hydrogen-bond acceptors (Lipinski definition) is 2. The molecule has 0 spiro atoms. The number of carbonyl (C=O) groups excluding carboxylic acids is 2. The number of amides is 2. The van der Waals surface area contributed by atoms with E-state index >= 15 is 0 Å². The number of anilines is 1. The van der Waals surface area contributed by atoms with Gasteiger partial charge in [-0.25, -0.2) is 0 Å². The van der Waals surface area contributed by atoms with E-state index in [1.54, 1.807) is 6.07 Å². The number of aryl methyl sites for hydroxylation is 2. The lowest BCUT2D eigenvalue weighted by molar-refractivity contribution is -0.124. The summed E-state index contributed by atoms with van der Waals surface area (Å²) in [6, 6.07) is 13.0. The molecule has 0 heterocycles. The first-order chi connectivity index (χ1) is 11.4. The second-order valence-electron chi connectivity index (χ2n) is 5.41. The van der Waals surface area contributed by atoms with Gasteiger partial charge in [0, 0.05) is 21.6 Å². The molecule has 2 N–H and O–H groups in total. The van der Waals surface area contributed by atoms with Crippen LogP contribution in [0, 0.1) is 6.92 Å². The molecule has 2 amide bonds. The standard InChI is InChI=1S/C18H18BrClN2O2/c1-12-9-14(19)6-7-16(12)22-18(24)11-21-17(23)8-5-13-3-2-4-15(20)10-13/h2-4,6-7,9-10H,5,8,11H2,1H3,(H,21,23)(H,22,24). The van der Waals surface area contributed by atoms with Gasteiger partial charge in [0.15, 0.2) is 0 Å². The molecular weight excluding hydrogens is 392 g/mol. The Labute approximate surface area is 154 Å². The van der Waals surface area contributed by atoms with E-state index in [2.05, 4.69) is 26.6 Å². The van der Waals surface area contributed by atoms with Crippen molar-refractivity contribution in [2.45, 2.75) is 19.8 Å². The highest BCUT2D eigenvalue weighted by atomic mass is 79.9. The lowest BCUT2D eigenvalue weighted by Crippen LogP contribution is -2.33. The second-order valence-corrected chi connectivity index (χ2v) is 6.77. The maximum absolute atomic E-state index is 11.9. The van der Waals surface area contributed by atoms with Crippen molar-refractivity contribution in [1.29, 1.82) is 0 Å². The lowest BCUT2D eigenvalue weighted by Gasteiger charge is -2.09. The molecular formula is C18H18BrClN2O2. The Morgan fingerprint density at radius 1 is 1.12 bits per heavy atom. The van der Waals surface area contributed by atoms with Gasteiger partial charge < -0.3 is 10.6 Å². The van der Waals surface area contributed by atoms with Crippen molar-refractivity contribution in [1.82, 2.24) is 5.32 Å². The van der Waals surface area contributed by atoms with Crippen LogP contribution in [-0.4, -0.2) is 18.4 Å². The van der Waals surface area contributed by atoms with Gasteiger partial charge in [-0.2, -0.15) is 0 Å². The first-order valence-electron chi connectivity index (χ1n) is 7.51. The predicted molar refractivity (Wildman–Crippen MR) is 100 cm³/mol. The van der Waals surface area contributed by atoms with Crippen molar-refractivity contribution in [3.8, 4) is 0 Å². The molecule has 0 bridgehead atoms. The summed E-state index contributed by atoms with van der Waals surface area (Å²) in [6.07, 6.45) is 0.894. The zero-order valence-corrected chi connectivity index (χ0v) is 15.6. The molecule has 0 saturated heterocycles. The Kier molecular flexibility index (Phi) is 6.82. The van der Waals surface area contributed by atoms with Gasteiger partial charge in [-0.15, -0.1) is 0 Å². The minimum absolute atomic E-state index is 0.0517. The van der Waals surface area contributed by atoms with Crippen molar-refractivity contribution >= 4 is 45.0 Å². The number of rotatable bonds is 6. The fourth-order valence-corrected chi connectivity index (χ4v) is 2.87. The fourth-order valence-electron chi connectivity index (χ4n) is 2.18. The molecule has 0 aliphatic carbocycles. The molecule has 0 atom stereocenters. The zero-order valence-electron chi connectivity index (χ0n) is 13.2. The fraction of sp³-hybridized carbons (Fsp3) is 0.222. The molecule has 0 unspecified atom stereocenters. The topological polar surface area (TPSA) is 58.2 Å². The molecule has 24 heavy (non-hydrogen) atoms. The quantitative estimate of drug-likeness (QED) is 0.754. The van der Waals surface area contributed by atoms with Crippen LogP contribution in [-0.2, 0) is 16.0 Å². The third-order valence-corrected chi connectivity index (χ3v) is 4.17. The van der Waals surface area contributed by atoms with Gasteiger partial charge >= 0.3 is 0 Å². The van der Waals surface area contributed by atoms with E-state index < -0.39 is 0 Å². The van der Waals surface area contributed by atoms with Gasteiger partial charge in [-0.3, -0.25) is 9.59 Å². The van der Waals surface area contributed by atoms with Gasteiger partial charge in [0.1, 0.15) is 0 Å². The summed E-state index contributed by atoms with van der Waals surface area (Å²) >= 11 is 9.28. The van der Waals surface area contributed by atoms with Crippen LogP contribution in [0.25, 0.3) is 0 Å². The Hall–Kier alpha value is -1.85. The van der Waals surface area contributed by atoms with Crippen LogP contribution in [0.1, 0.15) is 17.5 Å². The smallest absolute Gasteiger partial charge is 0.243 e. The van der Waals surface area contributed by atoms with E-state index in [9.17, 15) is 9.59 Å². The summed E-state index contributed by atoms with van der Waals surface area (Å²) in [6.45, 7) is 1.85. The summed E-state index contributed by atoms with van der Waals surface area (Å²) < 4.78 is 0.951. The van der Waals surface area contributed by atoms with Crippen LogP contribution in [0.15, 0.2) is 46.9 Å². The van der Waals surface area contributed by atoms with Crippen molar-refractivity contribution in [2.75, 3.05) is 11.9 Å². The van der Waals surface area contributed by atoms with E-state index in [-0.39, 0.29) is 18.4 Å². The molecule has 0 fully saturated rings. The lowest BCUT2D eigenvalue weighted by atomic mass is 10.1. The van der Waals surface area contributed by atoms with Gasteiger partial charge in [-0.05, 0) is 54.8 Å². The third kappa shape index (κ3) is 5.98. The number of nitrogens with one attached hydrogen (secondary N) is 2. The summed E-state index contributed by atoms with van der Waals surface area (Å²) in [4.78, 5) is 23.8. The molecule has 0 aliphatic rings. The van der Waals surface area contributed by atoms with E-state index in [1.807, 2.05) is 43.3 Å². The Morgan fingerprint density at radius 3 is 2.62 bits per heavy atom. The monoisotopic (exact) mass is 408 g/mol. The molecule has 126 valence electrons. The molecule has 0 aliphatic heterocycles. The van der Waals surface area contributed by atoms with Gasteiger partial charge in [-0.1, -0.05) is 39.7 Å². The summed E-state index contributed by atoms with van der Waals surface area (Å²) in [7, 11) is 0. The van der Waals surface area contributed by atoms with Gasteiger partial charge in [0.25, 0.3) is 0 Å². The highest BCUT2D eigenvalue weighted by molar-refractivity contribution is 9.10. The molecule has 4 nitrogen and oxygen atoms in total. The first kappa shape index (κ1) is 18.5. The Morgan fingerprint density at radius 2 is 1.92 bits per heavy atom. The maximum Gasteiger partial charge on any atom is 0.243 e. The van der Waals surface area contributed by atoms with E-state index in [4.69, 9.17) is 11.6 Å². The average Bonchev–Trinajstić information content (AvgIpc) is 2.54. The largest absolute Gasteiger partial charge is 0.347 e. The minimum atomic E-state index is -0.253. The van der Waals surface area contributed by atoms with Crippen molar-refractivity contribution in [3.05, 3.63) is 63.1 Å². The molecule has 2 rings (SSSR count). The molecule has 6 heteroatoms. The number of halogens is 2. The minimum Gasteiger partial charge on any atom is -0.347 e. The zero-order chi connectivity index (χ0) is 17.5. The number of carbonyl (C=O) groups is 2. The van der Waals surface area contributed by atoms with Gasteiger partial charge in [0.05, 0.1) is 6.54 Å². The Balaban J connectivity index is 1.75. The van der Waals surface area contributed by atoms with Gasteiger partial charge in [0.2, 0.25) is 11.8 Å². The van der Waals surface area contributed by atoms with Crippen LogP contribution >= 0.6 is 27.5 Å². The molecule has 2 aromatic carbocycles. The molecule has 0 saturated carbocycles. The highest BCUT2D eigenvalue weighted by Crippen LogP contribution is 2.19. The van der Waals surface area contributed by atoms with Crippen molar-refractivity contribution in [2.24, 2.45) is 0 Å². The van der Waals surface area contributed by atoms with Crippen LogP contribution in [0.4, 0.5) is 5.69 Å². The molecule has 0 aromatic heterocycles. The summed E-state index contributed by atoms with van der Waals surface area (Å²) in [5, 5.41) is 6.06. The number of hydrogen-bond donors (Lipinski definition) is 2. The van der Waals surface area contributed by atoms with Crippen LogP contribution < -0.4 is 10.6 Å². The predicted octanol–water partition coefficient (Wildman–Crippen LogP) is 4.10. The molecule has 2 aromatic rings. The Bertz CT molecular complexity index is 750. The SMILES string of the molecule is Cc1cc(Br)ccc1NC(=O)CNC(=O)CCc1cccc(Cl)c1. The van der Waals surface area contributed by atoms with E-state index in [0.717, 1.165) is 21.3 Å². The normalized spacial score (nSPS) is 10.3. The molecule has 0 radical (unpaired) electrons. The third-order valence-electron chi connectivity index (χ3n) is 3.44. The van der Waals surface area contributed by atoms with E-state index in [1.165, 1.54) is 0 Å². The van der Waals surface area contributed by atoms with Crippen LogP contribution in [0.2, 0.25) is 5.02 Å².